The van der Waals surface area contributed by atoms with E-state index >= 15 is 0 Å². The number of nitrogens with two attached hydrogens (primary N) is 1. The Kier molecular flexibility index (Phi) is 5.55. The molecule has 0 radical (unpaired) electrons. The van der Waals surface area contributed by atoms with Gasteiger partial charge in [-0.15, -0.1) is 0 Å². The zero-order valence-corrected chi connectivity index (χ0v) is 12.2. The number of primary amides is 1. The minimum atomic E-state index is -1.04. The summed E-state index contributed by atoms with van der Waals surface area (Å²) in [6.07, 6.45) is 0.565. The van der Waals surface area contributed by atoms with Crippen molar-refractivity contribution in [3.63, 3.8) is 0 Å². The Balaban J connectivity index is 2.37. The maximum absolute atomic E-state index is 11.9. The molecule has 0 bridgehead atoms. The van der Waals surface area contributed by atoms with Gasteiger partial charge in [-0.25, -0.2) is 0 Å². The van der Waals surface area contributed by atoms with Gasteiger partial charge in [-0.1, -0.05) is 25.1 Å². The molecule has 2 amide bonds. The fourth-order valence-electron chi connectivity index (χ4n) is 1.49. The zero-order valence-electron chi connectivity index (χ0n) is 12.2. The van der Waals surface area contributed by atoms with Gasteiger partial charge in [0.2, 0.25) is 11.8 Å². The summed E-state index contributed by atoms with van der Waals surface area (Å²) in [7, 11) is 0. The quantitative estimate of drug-likeness (QED) is 0.792. The Morgan fingerprint density at radius 3 is 2.45 bits per heavy atom. The minimum absolute atomic E-state index is 0.203. The maximum atomic E-state index is 11.9. The highest BCUT2D eigenvalue weighted by Crippen LogP contribution is 2.11. The second-order valence-corrected chi connectivity index (χ2v) is 5.33. The van der Waals surface area contributed by atoms with Crippen LogP contribution in [0.3, 0.4) is 0 Å². The summed E-state index contributed by atoms with van der Waals surface area (Å²) in [6, 6.07) is 9.42. The van der Waals surface area contributed by atoms with E-state index in [9.17, 15) is 9.59 Å². The van der Waals surface area contributed by atoms with Gasteiger partial charge in [-0.05, 0) is 32.4 Å². The van der Waals surface area contributed by atoms with Crippen LogP contribution in [0.25, 0.3) is 0 Å². The number of nitrogens with one attached hydrogen (secondary N) is 1. The van der Waals surface area contributed by atoms with E-state index in [-0.39, 0.29) is 11.8 Å². The van der Waals surface area contributed by atoms with Gasteiger partial charge >= 0.3 is 0 Å². The molecule has 3 N–H and O–H groups in total. The van der Waals surface area contributed by atoms with Crippen LogP contribution in [0.15, 0.2) is 30.3 Å². The molecule has 1 aromatic carbocycles. The number of hydrogen-bond donors (Lipinski definition) is 2. The van der Waals surface area contributed by atoms with Crippen molar-refractivity contribution in [1.29, 1.82) is 0 Å². The van der Waals surface area contributed by atoms with Crippen molar-refractivity contribution in [2.24, 2.45) is 11.7 Å². The molecule has 0 saturated heterocycles. The van der Waals surface area contributed by atoms with Crippen molar-refractivity contribution >= 4 is 11.8 Å². The minimum Gasteiger partial charge on any atom is -0.494 e. The number of para-hydroxylation sites is 1. The molecule has 1 atom stereocenters. The average Bonchev–Trinajstić information content (AvgIpc) is 2.39. The Morgan fingerprint density at radius 2 is 1.90 bits per heavy atom. The molecule has 110 valence electrons. The molecule has 0 heterocycles. The summed E-state index contributed by atoms with van der Waals surface area (Å²) in [5.74, 6) is -0.237. The van der Waals surface area contributed by atoms with Crippen molar-refractivity contribution < 1.29 is 14.3 Å². The average molecular weight is 278 g/mol. The van der Waals surface area contributed by atoms with Gasteiger partial charge in [-0.2, -0.15) is 0 Å². The number of carbonyl (C=O) groups is 2. The van der Waals surface area contributed by atoms with Crippen LogP contribution in [0.2, 0.25) is 0 Å². The van der Waals surface area contributed by atoms with Crippen LogP contribution in [0.5, 0.6) is 5.75 Å². The van der Waals surface area contributed by atoms with Crippen molar-refractivity contribution in [2.75, 3.05) is 6.61 Å². The van der Waals surface area contributed by atoms with E-state index in [1.807, 2.05) is 30.3 Å². The van der Waals surface area contributed by atoms with Crippen molar-refractivity contribution in [3.05, 3.63) is 30.3 Å². The summed E-state index contributed by atoms with van der Waals surface area (Å²) < 4.78 is 5.53. The van der Waals surface area contributed by atoms with Crippen LogP contribution in [0.4, 0.5) is 0 Å². The molecule has 0 fully saturated rings. The first kappa shape index (κ1) is 16.0. The van der Waals surface area contributed by atoms with Crippen LogP contribution in [-0.2, 0) is 9.59 Å². The summed E-state index contributed by atoms with van der Waals surface area (Å²) in [5, 5.41) is 2.64. The van der Waals surface area contributed by atoms with Gasteiger partial charge in [0.25, 0.3) is 0 Å². The lowest BCUT2D eigenvalue weighted by atomic mass is 10.0. The Bertz CT molecular complexity index is 457. The smallest absolute Gasteiger partial charge is 0.242 e. The van der Waals surface area contributed by atoms with Gasteiger partial charge in [-0.3, -0.25) is 9.59 Å². The van der Waals surface area contributed by atoms with Crippen LogP contribution < -0.4 is 15.8 Å². The van der Waals surface area contributed by atoms with Crippen LogP contribution in [0, 0.1) is 5.92 Å². The van der Waals surface area contributed by atoms with E-state index in [2.05, 4.69) is 5.32 Å². The monoisotopic (exact) mass is 278 g/mol. The molecule has 1 aromatic rings. The van der Waals surface area contributed by atoms with Crippen molar-refractivity contribution in [3.8, 4) is 5.75 Å². The topological polar surface area (TPSA) is 81.4 Å². The number of benzene rings is 1. The van der Waals surface area contributed by atoms with Gasteiger partial charge in [0.05, 0.1) is 6.61 Å². The predicted molar refractivity (Wildman–Crippen MR) is 77.1 cm³/mol. The highest BCUT2D eigenvalue weighted by Gasteiger charge is 2.28. The number of rotatable bonds is 7. The molecule has 20 heavy (non-hydrogen) atoms. The molecular weight excluding hydrogens is 256 g/mol. The lowest BCUT2D eigenvalue weighted by Crippen LogP contribution is -2.54. The molecule has 0 spiro atoms. The van der Waals surface area contributed by atoms with E-state index in [1.54, 1.807) is 20.8 Å². The van der Waals surface area contributed by atoms with E-state index in [0.29, 0.717) is 13.0 Å². The summed E-state index contributed by atoms with van der Waals surface area (Å²) >= 11 is 0. The van der Waals surface area contributed by atoms with E-state index < -0.39 is 11.4 Å². The molecule has 0 aliphatic heterocycles. The summed E-state index contributed by atoms with van der Waals surface area (Å²) in [5.41, 5.74) is 4.18. The van der Waals surface area contributed by atoms with Crippen LogP contribution in [0.1, 0.15) is 27.2 Å². The SMILES string of the molecule is C[C@@H](CCOc1ccccc1)C(=O)NC(C)(C)C(N)=O. The second kappa shape index (κ2) is 6.93. The Labute approximate surface area is 119 Å². The Hall–Kier alpha value is -2.04. The highest BCUT2D eigenvalue weighted by atomic mass is 16.5. The number of carbonyl (C=O) groups excluding carboxylic acids is 2. The standard InChI is InChI=1S/C15H22N2O3/c1-11(13(18)17-15(2,3)14(16)19)9-10-20-12-7-5-4-6-8-12/h4-8,11H,9-10H2,1-3H3,(H2,16,19)(H,17,18)/t11-/m0/s1. The summed E-state index contributed by atoms with van der Waals surface area (Å²) in [6.45, 7) is 5.40. The maximum Gasteiger partial charge on any atom is 0.242 e. The highest BCUT2D eigenvalue weighted by molar-refractivity contribution is 5.90. The first-order valence-corrected chi connectivity index (χ1v) is 6.62. The number of ether oxygens (including phenoxy) is 1. The molecule has 0 aliphatic rings. The summed E-state index contributed by atoms with van der Waals surface area (Å²) in [4.78, 5) is 23.1. The van der Waals surface area contributed by atoms with Gasteiger partial charge in [0.15, 0.2) is 0 Å². The van der Waals surface area contributed by atoms with Gasteiger partial charge in [0, 0.05) is 5.92 Å². The molecule has 0 unspecified atom stereocenters. The zero-order chi connectivity index (χ0) is 15.2. The molecule has 5 nitrogen and oxygen atoms in total. The number of hydrogen-bond acceptors (Lipinski definition) is 3. The lowest BCUT2D eigenvalue weighted by molar-refractivity contribution is -0.132. The molecular formula is C15H22N2O3. The fraction of sp³-hybridized carbons (Fsp3) is 0.467. The second-order valence-electron chi connectivity index (χ2n) is 5.33. The predicted octanol–water partition coefficient (Wildman–Crippen LogP) is 1.47. The normalized spacial score (nSPS) is 12.6. The number of amides is 2. The molecule has 0 aromatic heterocycles. The van der Waals surface area contributed by atoms with Crippen LogP contribution >= 0.6 is 0 Å². The largest absolute Gasteiger partial charge is 0.494 e. The first-order valence-electron chi connectivity index (χ1n) is 6.62. The lowest BCUT2D eigenvalue weighted by Gasteiger charge is -2.24. The third kappa shape index (κ3) is 4.91. The van der Waals surface area contributed by atoms with Crippen molar-refractivity contribution in [2.45, 2.75) is 32.7 Å². The Morgan fingerprint density at radius 1 is 1.30 bits per heavy atom. The fourth-order valence-corrected chi connectivity index (χ4v) is 1.49. The molecule has 0 saturated carbocycles. The third-order valence-electron chi connectivity index (χ3n) is 3.06. The third-order valence-corrected chi connectivity index (χ3v) is 3.06. The van der Waals surface area contributed by atoms with Gasteiger partial charge in [0.1, 0.15) is 11.3 Å². The van der Waals surface area contributed by atoms with Gasteiger partial charge < -0.3 is 15.8 Å². The van der Waals surface area contributed by atoms with E-state index in [0.717, 1.165) is 5.75 Å². The molecule has 0 aliphatic carbocycles. The molecule has 1 rings (SSSR count). The van der Waals surface area contributed by atoms with E-state index in [4.69, 9.17) is 10.5 Å². The molecule has 5 heteroatoms. The first-order chi connectivity index (χ1) is 9.33. The van der Waals surface area contributed by atoms with Crippen molar-refractivity contribution in [1.82, 2.24) is 5.32 Å². The van der Waals surface area contributed by atoms with E-state index in [1.165, 1.54) is 0 Å². The van der Waals surface area contributed by atoms with Crippen LogP contribution in [-0.4, -0.2) is 24.0 Å².